The highest BCUT2D eigenvalue weighted by molar-refractivity contribution is 8.18. The first-order chi connectivity index (χ1) is 14.9. The zero-order valence-electron chi connectivity index (χ0n) is 17.4. The molecule has 0 aromatic heterocycles. The molecule has 1 fully saturated rings. The van der Waals surface area contributed by atoms with Crippen LogP contribution >= 0.6 is 11.8 Å². The molecule has 8 heteroatoms. The molecular weight excluding hydrogens is 417 g/mol. The van der Waals surface area contributed by atoms with E-state index >= 15 is 0 Å². The van der Waals surface area contributed by atoms with Gasteiger partial charge in [0.1, 0.15) is 5.82 Å². The number of carbonyl (C=O) groups is 3. The average molecular weight is 442 g/mol. The van der Waals surface area contributed by atoms with Gasteiger partial charge in [-0.2, -0.15) is 0 Å². The van der Waals surface area contributed by atoms with Gasteiger partial charge in [-0.25, -0.2) is 4.39 Å². The minimum atomic E-state index is -0.489. The van der Waals surface area contributed by atoms with Crippen LogP contribution in [0.4, 0.5) is 14.9 Å². The number of benzene rings is 2. The normalized spacial score (nSPS) is 15.1. The zero-order chi connectivity index (χ0) is 22.4. The Bertz CT molecular complexity index is 1020. The molecule has 2 N–H and O–H groups in total. The van der Waals surface area contributed by atoms with Crippen molar-refractivity contribution < 1.29 is 18.8 Å². The molecule has 1 saturated heterocycles. The van der Waals surface area contributed by atoms with E-state index in [9.17, 15) is 18.8 Å². The molecule has 0 aliphatic carbocycles. The Hall–Kier alpha value is -3.13. The molecule has 31 heavy (non-hydrogen) atoms. The van der Waals surface area contributed by atoms with Crippen molar-refractivity contribution in [3.63, 3.8) is 0 Å². The fraction of sp³-hybridized carbons (Fsp3) is 0.261. The number of amides is 3. The highest BCUT2D eigenvalue weighted by atomic mass is 32.2. The molecule has 2 aromatic carbocycles. The number of imide groups is 1. The molecule has 1 aliphatic heterocycles. The van der Waals surface area contributed by atoms with E-state index in [0.717, 1.165) is 27.9 Å². The predicted octanol–water partition coefficient (Wildman–Crippen LogP) is 4.21. The van der Waals surface area contributed by atoms with Gasteiger partial charge < -0.3 is 10.6 Å². The standard InChI is InChI=1S/C23H24FN3O3S/c1-15(2)17-8-4-6-10-19(17)26-14-21(28)25-11-12-27-22(29)20(31-23(27)30)13-16-7-3-5-9-18(16)24/h3-10,13,15,26H,11-12,14H2,1-2H3,(H,25,28)/b20-13-. The van der Waals surface area contributed by atoms with Crippen molar-refractivity contribution in [3.8, 4) is 0 Å². The van der Waals surface area contributed by atoms with E-state index < -0.39 is 17.0 Å². The van der Waals surface area contributed by atoms with Crippen molar-refractivity contribution in [2.24, 2.45) is 0 Å². The number of anilines is 1. The topological polar surface area (TPSA) is 78.5 Å². The zero-order valence-corrected chi connectivity index (χ0v) is 18.2. The number of hydrogen-bond donors (Lipinski definition) is 2. The quantitative estimate of drug-likeness (QED) is 0.600. The second-order valence-electron chi connectivity index (χ2n) is 7.30. The first-order valence-corrected chi connectivity index (χ1v) is 10.8. The second-order valence-corrected chi connectivity index (χ2v) is 8.29. The van der Waals surface area contributed by atoms with E-state index in [0.29, 0.717) is 5.92 Å². The van der Waals surface area contributed by atoms with Crippen molar-refractivity contribution in [1.82, 2.24) is 10.2 Å². The summed E-state index contributed by atoms with van der Waals surface area (Å²) in [6, 6.07) is 13.8. The summed E-state index contributed by atoms with van der Waals surface area (Å²) in [4.78, 5) is 38.0. The second kappa shape index (κ2) is 10.3. The van der Waals surface area contributed by atoms with Gasteiger partial charge in [-0.1, -0.05) is 50.2 Å². The minimum absolute atomic E-state index is 0.0492. The number of thioether (sulfide) groups is 1. The van der Waals surface area contributed by atoms with E-state index in [2.05, 4.69) is 24.5 Å². The lowest BCUT2D eigenvalue weighted by Gasteiger charge is -2.15. The highest BCUT2D eigenvalue weighted by Gasteiger charge is 2.34. The van der Waals surface area contributed by atoms with Gasteiger partial charge in [0.15, 0.2) is 0 Å². The lowest BCUT2D eigenvalue weighted by molar-refractivity contribution is -0.123. The molecule has 162 valence electrons. The van der Waals surface area contributed by atoms with Gasteiger partial charge in [-0.15, -0.1) is 0 Å². The lowest BCUT2D eigenvalue weighted by Crippen LogP contribution is -2.39. The SMILES string of the molecule is CC(C)c1ccccc1NCC(=O)NCCN1C(=O)S/C(=C\c2ccccc2F)C1=O. The fourth-order valence-corrected chi connectivity index (χ4v) is 3.99. The maximum absolute atomic E-state index is 13.8. The van der Waals surface area contributed by atoms with Crippen molar-refractivity contribution in [2.45, 2.75) is 19.8 Å². The van der Waals surface area contributed by atoms with Crippen molar-refractivity contribution in [3.05, 3.63) is 70.4 Å². The van der Waals surface area contributed by atoms with E-state index in [4.69, 9.17) is 0 Å². The van der Waals surface area contributed by atoms with Crippen LogP contribution < -0.4 is 10.6 Å². The number of hydrogen-bond acceptors (Lipinski definition) is 5. The summed E-state index contributed by atoms with van der Waals surface area (Å²) < 4.78 is 13.8. The molecule has 0 atom stereocenters. The monoisotopic (exact) mass is 441 g/mol. The van der Waals surface area contributed by atoms with Crippen LogP contribution in [0.5, 0.6) is 0 Å². The Labute approximate surface area is 184 Å². The summed E-state index contributed by atoms with van der Waals surface area (Å²) in [7, 11) is 0. The van der Waals surface area contributed by atoms with Crippen LogP contribution in [0.25, 0.3) is 6.08 Å². The molecule has 0 bridgehead atoms. The summed E-state index contributed by atoms with van der Waals surface area (Å²) in [5.74, 6) is -0.875. The van der Waals surface area contributed by atoms with Gasteiger partial charge in [-0.05, 0) is 41.5 Å². The van der Waals surface area contributed by atoms with Crippen molar-refractivity contribution in [1.29, 1.82) is 0 Å². The number of carbonyl (C=O) groups excluding carboxylic acids is 3. The number of para-hydroxylation sites is 1. The van der Waals surface area contributed by atoms with Crippen molar-refractivity contribution >= 4 is 40.6 Å². The van der Waals surface area contributed by atoms with E-state index in [-0.39, 0.29) is 36.0 Å². The number of halogens is 1. The third kappa shape index (κ3) is 5.73. The third-order valence-electron chi connectivity index (χ3n) is 4.75. The Morgan fingerprint density at radius 1 is 1.13 bits per heavy atom. The van der Waals surface area contributed by atoms with Crippen LogP contribution in [-0.2, 0) is 9.59 Å². The van der Waals surface area contributed by atoms with Crippen molar-refractivity contribution in [2.75, 3.05) is 25.0 Å². The summed E-state index contributed by atoms with van der Waals surface area (Å²) in [5, 5.41) is 5.39. The maximum Gasteiger partial charge on any atom is 0.293 e. The van der Waals surface area contributed by atoms with Gasteiger partial charge in [0.25, 0.3) is 11.1 Å². The lowest BCUT2D eigenvalue weighted by atomic mass is 10.0. The molecule has 2 aromatic rings. The molecule has 0 saturated carbocycles. The molecule has 6 nitrogen and oxygen atoms in total. The Morgan fingerprint density at radius 2 is 1.84 bits per heavy atom. The average Bonchev–Trinajstić information content (AvgIpc) is 3.01. The van der Waals surface area contributed by atoms with Crippen LogP contribution in [-0.4, -0.2) is 41.6 Å². The number of nitrogens with one attached hydrogen (secondary N) is 2. The number of nitrogens with zero attached hydrogens (tertiary/aromatic N) is 1. The van der Waals surface area contributed by atoms with Gasteiger partial charge in [0.05, 0.1) is 11.4 Å². The maximum atomic E-state index is 13.8. The number of rotatable bonds is 8. The van der Waals surface area contributed by atoms with E-state index in [1.54, 1.807) is 12.1 Å². The molecule has 3 rings (SSSR count). The van der Waals surface area contributed by atoms with Crippen LogP contribution in [0.15, 0.2) is 53.4 Å². The smallest absolute Gasteiger partial charge is 0.293 e. The summed E-state index contributed by atoms with van der Waals surface area (Å²) in [6.45, 7) is 4.43. The third-order valence-corrected chi connectivity index (χ3v) is 5.65. The molecule has 1 aliphatic rings. The van der Waals surface area contributed by atoms with Crippen LogP contribution in [0, 0.1) is 5.82 Å². The van der Waals surface area contributed by atoms with Crippen LogP contribution in [0.2, 0.25) is 0 Å². The largest absolute Gasteiger partial charge is 0.376 e. The molecule has 0 unspecified atom stereocenters. The van der Waals surface area contributed by atoms with Gasteiger partial charge in [0.2, 0.25) is 5.91 Å². The first kappa shape index (κ1) is 22.6. The minimum Gasteiger partial charge on any atom is -0.376 e. The Kier molecular flexibility index (Phi) is 7.46. The highest BCUT2D eigenvalue weighted by Crippen LogP contribution is 2.32. The van der Waals surface area contributed by atoms with Crippen LogP contribution in [0.3, 0.4) is 0 Å². The molecular formula is C23H24FN3O3S. The summed E-state index contributed by atoms with van der Waals surface area (Å²) in [5.41, 5.74) is 2.26. The van der Waals surface area contributed by atoms with Gasteiger partial charge >= 0.3 is 0 Å². The molecule has 0 spiro atoms. The predicted molar refractivity (Wildman–Crippen MR) is 121 cm³/mol. The Balaban J connectivity index is 1.50. The summed E-state index contributed by atoms with van der Waals surface area (Å²) in [6.07, 6.45) is 1.37. The van der Waals surface area contributed by atoms with Gasteiger partial charge in [0, 0.05) is 24.3 Å². The Morgan fingerprint density at radius 3 is 2.58 bits per heavy atom. The summed E-state index contributed by atoms with van der Waals surface area (Å²) >= 11 is 0.763. The van der Waals surface area contributed by atoms with E-state index in [1.807, 2.05) is 24.3 Å². The fourth-order valence-electron chi connectivity index (χ4n) is 3.13. The molecule has 0 radical (unpaired) electrons. The molecule has 3 amide bonds. The van der Waals surface area contributed by atoms with Gasteiger partial charge in [-0.3, -0.25) is 19.3 Å². The molecule has 1 heterocycles. The van der Waals surface area contributed by atoms with Crippen LogP contribution in [0.1, 0.15) is 30.9 Å². The first-order valence-electron chi connectivity index (χ1n) is 9.96. The van der Waals surface area contributed by atoms with E-state index in [1.165, 1.54) is 18.2 Å².